The van der Waals surface area contributed by atoms with Crippen LogP contribution in [0.3, 0.4) is 0 Å². The maximum Gasteiger partial charge on any atom is 0.416 e. The minimum Gasteiger partial charge on any atom is -0.379 e. The second kappa shape index (κ2) is 6.94. The number of halogens is 5. The predicted molar refractivity (Wildman–Crippen MR) is 72.0 cm³/mol. The Morgan fingerprint density at radius 1 is 1.19 bits per heavy atom. The van der Waals surface area contributed by atoms with Crippen molar-refractivity contribution < 1.29 is 22.3 Å². The van der Waals surface area contributed by atoms with Crippen LogP contribution in [0, 0.1) is 5.82 Å². The number of ether oxygens (including phenoxy) is 1. The second-order valence-electron chi connectivity index (χ2n) is 4.99. The van der Waals surface area contributed by atoms with E-state index >= 15 is 0 Å². The fourth-order valence-corrected chi connectivity index (χ4v) is 2.55. The van der Waals surface area contributed by atoms with Crippen molar-refractivity contribution in [3.05, 3.63) is 34.1 Å². The summed E-state index contributed by atoms with van der Waals surface area (Å²) in [6.45, 7) is 3.61. The summed E-state index contributed by atoms with van der Waals surface area (Å²) in [7, 11) is 0. The first-order chi connectivity index (χ1) is 9.88. The first-order valence-electron chi connectivity index (χ1n) is 6.73. The minimum absolute atomic E-state index is 0.0167. The maximum absolute atomic E-state index is 13.8. The molecule has 0 radical (unpaired) electrons. The number of rotatable bonds is 4. The molecule has 1 aromatic carbocycles. The van der Waals surface area contributed by atoms with Gasteiger partial charge in [-0.15, -0.1) is 0 Å². The molecule has 0 N–H and O–H groups in total. The van der Waals surface area contributed by atoms with Crippen LogP contribution in [0.5, 0.6) is 0 Å². The van der Waals surface area contributed by atoms with Gasteiger partial charge in [0, 0.05) is 13.1 Å². The summed E-state index contributed by atoms with van der Waals surface area (Å²) in [6, 6.07) is 1.48. The molecule has 0 unspecified atom stereocenters. The molecule has 21 heavy (non-hydrogen) atoms. The summed E-state index contributed by atoms with van der Waals surface area (Å²) < 4.78 is 57.1. The molecule has 0 spiro atoms. The molecule has 1 heterocycles. The Bertz CT molecular complexity index is 487. The lowest BCUT2D eigenvalue weighted by molar-refractivity contribution is -0.137. The average Bonchev–Trinajstić information content (AvgIpc) is 2.43. The van der Waals surface area contributed by atoms with E-state index in [4.69, 9.17) is 16.3 Å². The van der Waals surface area contributed by atoms with Gasteiger partial charge in [0.1, 0.15) is 5.82 Å². The Hall–Kier alpha value is -0.850. The highest BCUT2D eigenvalue weighted by atomic mass is 35.5. The first-order valence-corrected chi connectivity index (χ1v) is 7.11. The maximum atomic E-state index is 13.8. The van der Waals surface area contributed by atoms with Gasteiger partial charge in [-0.05, 0) is 37.1 Å². The molecular weight excluding hydrogens is 310 g/mol. The van der Waals surface area contributed by atoms with E-state index in [1.807, 2.05) is 0 Å². The van der Waals surface area contributed by atoms with E-state index in [2.05, 4.69) is 4.90 Å². The Morgan fingerprint density at radius 3 is 2.48 bits per heavy atom. The van der Waals surface area contributed by atoms with Crippen molar-refractivity contribution >= 4 is 11.6 Å². The number of hydrogen-bond donors (Lipinski definition) is 0. The summed E-state index contributed by atoms with van der Waals surface area (Å²) in [4.78, 5) is 2.15. The van der Waals surface area contributed by atoms with Gasteiger partial charge in [-0.2, -0.15) is 13.2 Å². The third kappa shape index (κ3) is 4.56. The van der Waals surface area contributed by atoms with Gasteiger partial charge in [0.25, 0.3) is 0 Å². The monoisotopic (exact) mass is 325 g/mol. The van der Waals surface area contributed by atoms with Crippen molar-refractivity contribution in [2.75, 3.05) is 32.8 Å². The van der Waals surface area contributed by atoms with Crippen molar-refractivity contribution in [3.8, 4) is 0 Å². The molecule has 1 aromatic rings. The summed E-state index contributed by atoms with van der Waals surface area (Å²) in [6.07, 6.45) is -3.71. The standard InChI is InChI=1S/C14H16ClF4NO/c15-12-9-11(14(17,18)19)8-10(13(12)16)2-1-3-20-4-6-21-7-5-20/h8-9H,1-7H2. The summed E-state index contributed by atoms with van der Waals surface area (Å²) in [5.41, 5.74) is -0.890. The van der Waals surface area contributed by atoms with E-state index in [-0.39, 0.29) is 12.0 Å². The van der Waals surface area contributed by atoms with Gasteiger partial charge < -0.3 is 4.74 Å². The fraction of sp³-hybridized carbons (Fsp3) is 0.571. The van der Waals surface area contributed by atoms with Gasteiger partial charge in [-0.1, -0.05) is 11.6 Å². The zero-order valence-corrected chi connectivity index (χ0v) is 12.1. The van der Waals surface area contributed by atoms with Gasteiger partial charge in [-0.25, -0.2) is 4.39 Å². The van der Waals surface area contributed by atoms with E-state index < -0.39 is 22.6 Å². The van der Waals surface area contributed by atoms with E-state index in [1.54, 1.807) is 0 Å². The second-order valence-corrected chi connectivity index (χ2v) is 5.39. The van der Waals surface area contributed by atoms with E-state index in [0.29, 0.717) is 32.2 Å². The molecule has 0 saturated carbocycles. The topological polar surface area (TPSA) is 12.5 Å². The lowest BCUT2D eigenvalue weighted by atomic mass is 10.0. The average molecular weight is 326 g/mol. The summed E-state index contributed by atoms with van der Waals surface area (Å²) >= 11 is 5.55. The van der Waals surface area contributed by atoms with Crippen LogP contribution in [0.1, 0.15) is 17.5 Å². The van der Waals surface area contributed by atoms with Crippen molar-refractivity contribution in [2.24, 2.45) is 0 Å². The van der Waals surface area contributed by atoms with Crippen LogP contribution >= 0.6 is 11.6 Å². The van der Waals surface area contributed by atoms with Crippen LogP contribution in [-0.2, 0) is 17.3 Å². The lowest BCUT2D eigenvalue weighted by Gasteiger charge is -2.26. The summed E-state index contributed by atoms with van der Waals surface area (Å²) in [5.74, 6) is -0.758. The summed E-state index contributed by atoms with van der Waals surface area (Å²) in [5, 5.41) is -0.480. The zero-order valence-electron chi connectivity index (χ0n) is 11.3. The molecule has 1 fully saturated rings. The predicted octanol–water partition coefficient (Wildman–Crippen LogP) is 3.76. The zero-order chi connectivity index (χ0) is 15.5. The van der Waals surface area contributed by atoms with Crippen molar-refractivity contribution in [1.82, 2.24) is 4.90 Å². The molecule has 0 atom stereocenters. The molecule has 0 amide bonds. The SMILES string of the molecule is Fc1c(Cl)cc(C(F)(F)F)cc1CCCN1CCOCC1. The number of aryl methyl sites for hydroxylation is 1. The minimum atomic E-state index is -4.52. The lowest BCUT2D eigenvalue weighted by Crippen LogP contribution is -2.37. The highest BCUT2D eigenvalue weighted by Gasteiger charge is 2.32. The molecule has 1 aliphatic heterocycles. The Labute approximate surface area is 125 Å². The fourth-order valence-electron chi connectivity index (χ4n) is 2.31. The molecule has 118 valence electrons. The molecular formula is C14H16ClF4NO. The molecule has 1 saturated heterocycles. The van der Waals surface area contributed by atoms with Crippen molar-refractivity contribution in [1.29, 1.82) is 0 Å². The number of morpholine rings is 1. The van der Waals surface area contributed by atoms with E-state index in [9.17, 15) is 17.6 Å². The van der Waals surface area contributed by atoms with Crippen LogP contribution in [0.4, 0.5) is 17.6 Å². The third-order valence-corrected chi connectivity index (χ3v) is 3.73. The smallest absolute Gasteiger partial charge is 0.379 e. The molecule has 0 aliphatic carbocycles. The normalized spacial score (nSPS) is 17.2. The van der Waals surface area contributed by atoms with E-state index in [1.165, 1.54) is 0 Å². The third-order valence-electron chi connectivity index (χ3n) is 3.46. The Morgan fingerprint density at radius 2 is 1.86 bits per heavy atom. The first kappa shape index (κ1) is 16.5. The molecule has 2 nitrogen and oxygen atoms in total. The van der Waals surface area contributed by atoms with Gasteiger partial charge in [0.05, 0.1) is 23.8 Å². The Kier molecular flexibility index (Phi) is 5.46. The molecule has 0 bridgehead atoms. The van der Waals surface area contributed by atoms with Gasteiger partial charge in [0.2, 0.25) is 0 Å². The molecule has 7 heteroatoms. The molecule has 2 rings (SSSR count). The van der Waals surface area contributed by atoms with Crippen LogP contribution in [0.25, 0.3) is 0 Å². The largest absolute Gasteiger partial charge is 0.416 e. The van der Waals surface area contributed by atoms with Crippen molar-refractivity contribution in [2.45, 2.75) is 19.0 Å². The van der Waals surface area contributed by atoms with Crippen LogP contribution in [0.2, 0.25) is 5.02 Å². The quantitative estimate of drug-likeness (QED) is 0.782. The molecule has 1 aliphatic rings. The highest BCUT2D eigenvalue weighted by Crippen LogP contribution is 2.33. The van der Waals surface area contributed by atoms with Crippen LogP contribution < -0.4 is 0 Å². The number of benzene rings is 1. The Balaban J connectivity index is 2.00. The van der Waals surface area contributed by atoms with Crippen LogP contribution in [-0.4, -0.2) is 37.7 Å². The van der Waals surface area contributed by atoms with Gasteiger partial charge in [-0.3, -0.25) is 4.90 Å². The number of alkyl halides is 3. The van der Waals surface area contributed by atoms with Gasteiger partial charge >= 0.3 is 6.18 Å². The van der Waals surface area contributed by atoms with E-state index in [0.717, 1.165) is 19.2 Å². The highest BCUT2D eigenvalue weighted by molar-refractivity contribution is 6.30. The number of nitrogens with zero attached hydrogens (tertiary/aromatic N) is 1. The van der Waals surface area contributed by atoms with Gasteiger partial charge in [0.15, 0.2) is 0 Å². The number of hydrogen-bond acceptors (Lipinski definition) is 2. The van der Waals surface area contributed by atoms with Crippen LogP contribution in [0.15, 0.2) is 12.1 Å². The van der Waals surface area contributed by atoms with Crippen molar-refractivity contribution in [3.63, 3.8) is 0 Å². The molecule has 0 aromatic heterocycles.